The van der Waals surface area contributed by atoms with Gasteiger partial charge in [-0.3, -0.25) is 4.79 Å². The van der Waals surface area contributed by atoms with Crippen LogP contribution >= 0.6 is 0 Å². The molecule has 118 valence electrons. The van der Waals surface area contributed by atoms with E-state index in [9.17, 15) is 9.59 Å². The summed E-state index contributed by atoms with van der Waals surface area (Å²) in [5, 5.41) is 8.85. The lowest BCUT2D eigenvalue weighted by atomic mass is 9.68. The van der Waals surface area contributed by atoms with Gasteiger partial charge in [-0.2, -0.15) is 0 Å². The summed E-state index contributed by atoms with van der Waals surface area (Å²) in [5.41, 5.74) is 0.918. The first-order valence-corrected chi connectivity index (χ1v) is 8.08. The third-order valence-corrected chi connectivity index (χ3v) is 5.26. The molecule has 1 aliphatic carbocycles. The molecule has 1 aromatic rings. The molecule has 22 heavy (non-hydrogen) atoms. The van der Waals surface area contributed by atoms with E-state index in [1.54, 1.807) is 6.07 Å². The van der Waals surface area contributed by atoms with Crippen molar-refractivity contribution >= 4 is 11.9 Å². The number of carboxylic acid groups (broad SMARTS) is 1. The van der Waals surface area contributed by atoms with Crippen molar-refractivity contribution in [1.29, 1.82) is 0 Å². The second-order valence-corrected chi connectivity index (χ2v) is 6.59. The van der Waals surface area contributed by atoms with Crippen molar-refractivity contribution in [3.8, 4) is 0 Å². The number of rotatable bonds is 2. The molecular formula is C17H22N2O3. The number of aromatic nitrogens is 1. The zero-order chi connectivity index (χ0) is 15.6. The number of likely N-dealkylation sites (tertiary alicyclic amines) is 1. The topological polar surface area (TPSA) is 70.5 Å². The SMILES string of the molecule is O=C(O)c1ccc(C(=O)N2CCC3(CCCCC3)CC2)cn1. The molecule has 2 fully saturated rings. The molecule has 1 aliphatic heterocycles. The Morgan fingerprint density at radius 1 is 1.05 bits per heavy atom. The molecule has 1 spiro atoms. The van der Waals surface area contributed by atoms with Crippen molar-refractivity contribution in [2.45, 2.75) is 44.9 Å². The van der Waals surface area contributed by atoms with Crippen molar-refractivity contribution in [1.82, 2.24) is 9.88 Å². The number of aromatic carboxylic acids is 1. The minimum absolute atomic E-state index is 0.0312. The summed E-state index contributed by atoms with van der Waals surface area (Å²) < 4.78 is 0. The standard InChI is InChI=1S/C17H22N2O3/c20-15(13-4-5-14(16(21)22)18-12-13)19-10-8-17(9-11-19)6-2-1-3-7-17/h4-5,12H,1-3,6-11H2,(H,21,22). The predicted molar refractivity (Wildman–Crippen MR) is 81.9 cm³/mol. The Kier molecular flexibility index (Phi) is 4.14. The van der Waals surface area contributed by atoms with Gasteiger partial charge in [-0.15, -0.1) is 0 Å². The highest BCUT2D eigenvalue weighted by Gasteiger charge is 2.36. The molecule has 5 nitrogen and oxygen atoms in total. The second kappa shape index (κ2) is 6.07. The maximum absolute atomic E-state index is 12.5. The Morgan fingerprint density at radius 3 is 2.27 bits per heavy atom. The fraction of sp³-hybridized carbons (Fsp3) is 0.588. The molecule has 2 heterocycles. The molecule has 0 aromatic carbocycles. The van der Waals surface area contributed by atoms with E-state index in [4.69, 9.17) is 5.11 Å². The van der Waals surface area contributed by atoms with Crippen molar-refractivity contribution in [3.63, 3.8) is 0 Å². The summed E-state index contributed by atoms with van der Waals surface area (Å²) in [6, 6.07) is 2.95. The van der Waals surface area contributed by atoms with Crippen LogP contribution in [0.1, 0.15) is 65.8 Å². The molecule has 0 radical (unpaired) electrons. The third kappa shape index (κ3) is 2.98. The highest BCUT2D eigenvalue weighted by molar-refractivity contribution is 5.95. The van der Waals surface area contributed by atoms with Crippen LogP contribution in [0.3, 0.4) is 0 Å². The molecule has 0 atom stereocenters. The van der Waals surface area contributed by atoms with Crippen molar-refractivity contribution < 1.29 is 14.7 Å². The number of amides is 1. The van der Waals surface area contributed by atoms with Gasteiger partial charge in [-0.1, -0.05) is 19.3 Å². The fourth-order valence-corrected chi connectivity index (χ4v) is 3.82. The number of carbonyl (C=O) groups excluding carboxylic acids is 1. The zero-order valence-corrected chi connectivity index (χ0v) is 12.8. The van der Waals surface area contributed by atoms with E-state index < -0.39 is 5.97 Å². The number of nitrogens with zero attached hydrogens (tertiary/aromatic N) is 2. The Balaban J connectivity index is 1.63. The zero-order valence-electron chi connectivity index (χ0n) is 12.8. The van der Waals surface area contributed by atoms with Gasteiger partial charge in [-0.25, -0.2) is 9.78 Å². The maximum Gasteiger partial charge on any atom is 0.354 e. The van der Waals surface area contributed by atoms with Crippen LogP contribution in [-0.2, 0) is 0 Å². The van der Waals surface area contributed by atoms with Gasteiger partial charge < -0.3 is 10.0 Å². The minimum atomic E-state index is -1.07. The highest BCUT2D eigenvalue weighted by Crippen LogP contribution is 2.44. The first kappa shape index (κ1) is 15.0. The first-order chi connectivity index (χ1) is 10.6. The summed E-state index contributed by atoms with van der Waals surface area (Å²) in [6.45, 7) is 1.61. The summed E-state index contributed by atoms with van der Waals surface area (Å²) in [7, 11) is 0. The summed E-state index contributed by atoms with van der Waals surface area (Å²) in [5.74, 6) is -1.11. The Hall–Kier alpha value is -1.91. The van der Waals surface area contributed by atoms with Gasteiger partial charge >= 0.3 is 5.97 Å². The van der Waals surface area contributed by atoms with Crippen LogP contribution in [0.4, 0.5) is 0 Å². The van der Waals surface area contributed by atoms with Gasteiger partial charge in [0.15, 0.2) is 0 Å². The van der Waals surface area contributed by atoms with Crippen LogP contribution in [0, 0.1) is 5.41 Å². The molecule has 1 saturated carbocycles. The number of piperidine rings is 1. The van der Waals surface area contributed by atoms with Crippen LogP contribution in [-0.4, -0.2) is 40.0 Å². The van der Waals surface area contributed by atoms with Crippen LogP contribution in [0.2, 0.25) is 0 Å². The van der Waals surface area contributed by atoms with E-state index in [2.05, 4.69) is 4.98 Å². The molecule has 1 saturated heterocycles. The molecule has 5 heteroatoms. The smallest absolute Gasteiger partial charge is 0.354 e. The van der Waals surface area contributed by atoms with E-state index in [1.807, 2.05) is 4.90 Å². The third-order valence-electron chi connectivity index (χ3n) is 5.26. The van der Waals surface area contributed by atoms with Crippen molar-refractivity contribution in [3.05, 3.63) is 29.6 Å². The van der Waals surface area contributed by atoms with Gasteiger partial charge in [-0.05, 0) is 43.2 Å². The Morgan fingerprint density at radius 2 is 1.73 bits per heavy atom. The highest BCUT2D eigenvalue weighted by atomic mass is 16.4. The first-order valence-electron chi connectivity index (χ1n) is 8.08. The van der Waals surface area contributed by atoms with Crippen LogP contribution in [0.25, 0.3) is 0 Å². The molecule has 0 unspecified atom stereocenters. The molecule has 1 aromatic heterocycles. The molecule has 3 rings (SSSR count). The van der Waals surface area contributed by atoms with E-state index in [0.29, 0.717) is 11.0 Å². The number of hydrogen-bond donors (Lipinski definition) is 1. The number of carboxylic acids is 1. The van der Waals surface area contributed by atoms with E-state index >= 15 is 0 Å². The summed E-state index contributed by atoms with van der Waals surface area (Å²) in [4.78, 5) is 29.0. The van der Waals surface area contributed by atoms with Gasteiger partial charge in [0.05, 0.1) is 5.56 Å². The largest absolute Gasteiger partial charge is 0.477 e. The lowest BCUT2D eigenvalue weighted by molar-refractivity contribution is 0.0471. The predicted octanol–water partition coefficient (Wildman–Crippen LogP) is 2.97. The lowest BCUT2D eigenvalue weighted by Gasteiger charge is -2.44. The number of hydrogen-bond acceptors (Lipinski definition) is 3. The van der Waals surface area contributed by atoms with Crippen LogP contribution in [0.5, 0.6) is 0 Å². The molecule has 1 amide bonds. The number of pyridine rings is 1. The van der Waals surface area contributed by atoms with Crippen molar-refractivity contribution in [2.24, 2.45) is 5.41 Å². The van der Waals surface area contributed by atoms with Crippen LogP contribution in [0.15, 0.2) is 18.3 Å². The van der Waals surface area contributed by atoms with Gasteiger partial charge in [0.2, 0.25) is 0 Å². The average molecular weight is 302 g/mol. The average Bonchev–Trinajstić information content (AvgIpc) is 2.56. The lowest BCUT2D eigenvalue weighted by Crippen LogP contribution is -2.43. The minimum Gasteiger partial charge on any atom is -0.477 e. The second-order valence-electron chi connectivity index (χ2n) is 6.59. The maximum atomic E-state index is 12.5. The summed E-state index contributed by atoms with van der Waals surface area (Å²) >= 11 is 0. The Labute approximate surface area is 130 Å². The van der Waals surface area contributed by atoms with Gasteiger partial charge in [0.1, 0.15) is 5.69 Å². The summed E-state index contributed by atoms with van der Waals surface area (Å²) in [6.07, 6.45) is 10.2. The number of carbonyl (C=O) groups is 2. The molecule has 0 bridgehead atoms. The normalized spacial score (nSPS) is 20.8. The monoisotopic (exact) mass is 302 g/mol. The van der Waals surface area contributed by atoms with E-state index in [-0.39, 0.29) is 11.6 Å². The Bertz CT molecular complexity index is 552. The van der Waals surface area contributed by atoms with Gasteiger partial charge in [0.25, 0.3) is 5.91 Å². The molecule has 1 N–H and O–H groups in total. The molecular weight excluding hydrogens is 280 g/mol. The fourth-order valence-electron chi connectivity index (χ4n) is 3.82. The van der Waals surface area contributed by atoms with E-state index in [1.165, 1.54) is 44.4 Å². The molecule has 2 aliphatic rings. The quantitative estimate of drug-likeness (QED) is 0.911. The van der Waals surface area contributed by atoms with Crippen LogP contribution < -0.4 is 0 Å². The van der Waals surface area contributed by atoms with Gasteiger partial charge in [0, 0.05) is 19.3 Å². The van der Waals surface area contributed by atoms with Crippen molar-refractivity contribution in [2.75, 3.05) is 13.1 Å². The van der Waals surface area contributed by atoms with E-state index in [0.717, 1.165) is 25.9 Å².